The number of nitrogens with one attached hydrogen (secondary N) is 3. The Morgan fingerprint density at radius 1 is 1.33 bits per heavy atom. The number of amides is 1. The lowest BCUT2D eigenvalue weighted by atomic mass is 9.99. The Labute approximate surface area is 132 Å². The second-order valence-electron chi connectivity index (χ2n) is 5.69. The fraction of sp³-hybridized carbons (Fsp3) is 0.533. The summed E-state index contributed by atoms with van der Waals surface area (Å²) >= 11 is 0. The van der Waals surface area contributed by atoms with Gasteiger partial charge in [-0.3, -0.25) is 10.2 Å². The fourth-order valence-electron chi connectivity index (χ4n) is 2.34. The third kappa shape index (κ3) is 4.97. The monoisotopic (exact) mass is 312 g/mol. The standard InChI is InChI=1S/C15H24N4O.ClH/c1-10(2)13-8-14(19-18-13)15(20)17-9-12(16)11-6-4-3-5-7-11;/h3-7,10,12-14,18-19H,8-9,16H2,1-2H3,(H,17,20);1H. The number of nitrogens with two attached hydrogens (primary N) is 1. The zero-order valence-corrected chi connectivity index (χ0v) is 13.3. The number of hydrogen-bond acceptors (Lipinski definition) is 4. The van der Waals surface area contributed by atoms with Crippen LogP contribution in [0.3, 0.4) is 0 Å². The molecule has 1 amide bonds. The summed E-state index contributed by atoms with van der Waals surface area (Å²) in [5.74, 6) is 0.513. The van der Waals surface area contributed by atoms with Crippen LogP contribution in [0.4, 0.5) is 0 Å². The molecule has 21 heavy (non-hydrogen) atoms. The zero-order valence-electron chi connectivity index (χ0n) is 12.5. The Morgan fingerprint density at radius 2 is 2.00 bits per heavy atom. The van der Waals surface area contributed by atoms with E-state index in [0.29, 0.717) is 18.5 Å². The minimum atomic E-state index is -0.176. The summed E-state index contributed by atoms with van der Waals surface area (Å²) in [6, 6.07) is 9.80. The van der Waals surface area contributed by atoms with Crippen molar-refractivity contribution in [2.75, 3.05) is 6.54 Å². The van der Waals surface area contributed by atoms with Gasteiger partial charge in [0, 0.05) is 18.6 Å². The van der Waals surface area contributed by atoms with E-state index in [1.807, 2.05) is 30.3 Å². The quantitative estimate of drug-likeness (QED) is 0.657. The van der Waals surface area contributed by atoms with Gasteiger partial charge in [0.2, 0.25) is 5.91 Å². The second kappa shape index (κ2) is 8.34. The fourth-order valence-corrected chi connectivity index (χ4v) is 2.34. The Balaban J connectivity index is 0.00000220. The average Bonchev–Trinajstić information content (AvgIpc) is 2.95. The van der Waals surface area contributed by atoms with Crippen LogP contribution in [0.2, 0.25) is 0 Å². The maximum atomic E-state index is 12.1. The number of hydrogen-bond donors (Lipinski definition) is 4. The largest absolute Gasteiger partial charge is 0.353 e. The van der Waals surface area contributed by atoms with E-state index in [9.17, 15) is 4.79 Å². The first-order valence-corrected chi connectivity index (χ1v) is 7.17. The summed E-state index contributed by atoms with van der Waals surface area (Å²) in [5.41, 5.74) is 13.3. The van der Waals surface area contributed by atoms with Gasteiger partial charge in [-0.25, -0.2) is 5.43 Å². The highest BCUT2D eigenvalue weighted by atomic mass is 35.5. The molecule has 1 aromatic carbocycles. The van der Waals surface area contributed by atoms with Crippen LogP contribution >= 0.6 is 12.4 Å². The van der Waals surface area contributed by atoms with E-state index >= 15 is 0 Å². The predicted octanol–water partition coefficient (Wildman–Crippen LogP) is 1.12. The maximum Gasteiger partial charge on any atom is 0.238 e. The molecular weight excluding hydrogens is 288 g/mol. The molecule has 0 bridgehead atoms. The van der Waals surface area contributed by atoms with Gasteiger partial charge in [-0.2, -0.15) is 0 Å². The van der Waals surface area contributed by atoms with Crippen molar-refractivity contribution >= 4 is 18.3 Å². The topological polar surface area (TPSA) is 79.2 Å². The van der Waals surface area contributed by atoms with Crippen LogP contribution in [0.5, 0.6) is 0 Å². The van der Waals surface area contributed by atoms with Crippen LogP contribution < -0.4 is 21.9 Å². The van der Waals surface area contributed by atoms with Crippen molar-refractivity contribution in [1.29, 1.82) is 0 Å². The molecule has 0 radical (unpaired) electrons. The number of carbonyl (C=O) groups is 1. The molecule has 1 saturated heterocycles. The molecule has 1 aromatic rings. The molecular formula is C15H25ClN4O. The van der Waals surface area contributed by atoms with Crippen molar-refractivity contribution in [2.45, 2.75) is 38.4 Å². The summed E-state index contributed by atoms with van der Waals surface area (Å²) in [4.78, 5) is 12.1. The van der Waals surface area contributed by atoms with E-state index in [4.69, 9.17) is 5.73 Å². The molecule has 0 saturated carbocycles. The van der Waals surface area contributed by atoms with E-state index in [1.54, 1.807) is 0 Å². The van der Waals surface area contributed by atoms with Crippen LogP contribution in [0, 0.1) is 5.92 Å². The number of carbonyl (C=O) groups excluding carboxylic acids is 1. The summed E-state index contributed by atoms with van der Waals surface area (Å²) < 4.78 is 0. The normalized spacial score (nSPS) is 22.7. The van der Waals surface area contributed by atoms with Crippen molar-refractivity contribution in [1.82, 2.24) is 16.2 Å². The zero-order chi connectivity index (χ0) is 14.5. The van der Waals surface area contributed by atoms with Gasteiger partial charge in [-0.1, -0.05) is 44.2 Å². The Kier molecular flexibility index (Phi) is 7.11. The number of halogens is 1. The van der Waals surface area contributed by atoms with E-state index in [2.05, 4.69) is 30.0 Å². The highest BCUT2D eigenvalue weighted by Gasteiger charge is 2.30. The Morgan fingerprint density at radius 3 is 2.57 bits per heavy atom. The van der Waals surface area contributed by atoms with Crippen molar-refractivity contribution in [2.24, 2.45) is 11.7 Å². The van der Waals surface area contributed by atoms with Gasteiger partial charge in [0.25, 0.3) is 0 Å². The van der Waals surface area contributed by atoms with Gasteiger partial charge < -0.3 is 11.1 Å². The lowest BCUT2D eigenvalue weighted by Crippen LogP contribution is -2.45. The molecule has 0 aliphatic carbocycles. The summed E-state index contributed by atoms with van der Waals surface area (Å²) in [5, 5.41) is 2.92. The van der Waals surface area contributed by atoms with Gasteiger partial charge in [-0.15, -0.1) is 12.4 Å². The van der Waals surface area contributed by atoms with Crippen LogP contribution in [0.25, 0.3) is 0 Å². The predicted molar refractivity (Wildman–Crippen MR) is 86.9 cm³/mol. The first kappa shape index (κ1) is 17.9. The molecule has 118 valence electrons. The SMILES string of the molecule is CC(C)C1CC(C(=O)NCC(N)c2ccccc2)NN1.Cl. The minimum Gasteiger partial charge on any atom is -0.353 e. The van der Waals surface area contributed by atoms with E-state index in [0.717, 1.165) is 12.0 Å². The van der Waals surface area contributed by atoms with Gasteiger partial charge in [0.05, 0.1) is 0 Å². The molecule has 5 nitrogen and oxygen atoms in total. The van der Waals surface area contributed by atoms with E-state index < -0.39 is 0 Å². The molecule has 0 spiro atoms. The Hall–Kier alpha value is -1.14. The van der Waals surface area contributed by atoms with Gasteiger partial charge in [0.1, 0.15) is 6.04 Å². The van der Waals surface area contributed by atoms with E-state index in [1.165, 1.54) is 0 Å². The lowest BCUT2D eigenvalue weighted by Gasteiger charge is -2.15. The molecule has 5 N–H and O–H groups in total. The molecule has 3 atom stereocenters. The number of benzene rings is 1. The first-order valence-electron chi connectivity index (χ1n) is 7.17. The molecule has 1 aliphatic heterocycles. The van der Waals surface area contributed by atoms with Gasteiger partial charge >= 0.3 is 0 Å². The molecule has 1 heterocycles. The van der Waals surface area contributed by atoms with Crippen molar-refractivity contribution < 1.29 is 4.79 Å². The third-order valence-electron chi connectivity index (χ3n) is 3.78. The summed E-state index contributed by atoms with van der Waals surface area (Å²) in [6.45, 7) is 4.74. The second-order valence-corrected chi connectivity index (χ2v) is 5.69. The molecule has 1 fully saturated rings. The van der Waals surface area contributed by atoms with Gasteiger partial charge in [-0.05, 0) is 17.9 Å². The molecule has 1 aliphatic rings. The van der Waals surface area contributed by atoms with Crippen LogP contribution in [0.15, 0.2) is 30.3 Å². The van der Waals surface area contributed by atoms with Crippen molar-refractivity contribution in [3.63, 3.8) is 0 Å². The van der Waals surface area contributed by atoms with Crippen LogP contribution in [0.1, 0.15) is 31.9 Å². The van der Waals surface area contributed by atoms with Crippen LogP contribution in [-0.4, -0.2) is 24.5 Å². The van der Waals surface area contributed by atoms with Crippen LogP contribution in [-0.2, 0) is 4.79 Å². The third-order valence-corrected chi connectivity index (χ3v) is 3.78. The number of rotatable bonds is 5. The van der Waals surface area contributed by atoms with Crippen molar-refractivity contribution in [3.8, 4) is 0 Å². The minimum absolute atomic E-state index is 0. The molecule has 0 aromatic heterocycles. The molecule has 6 heteroatoms. The van der Waals surface area contributed by atoms with Gasteiger partial charge in [0.15, 0.2) is 0 Å². The summed E-state index contributed by atoms with van der Waals surface area (Å²) in [7, 11) is 0. The number of hydrazine groups is 1. The highest BCUT2D eigenvalue weighted by Crippen LogP contribution is 2.13. The lowest BCUT2D eigenvalue weighted by molar-refractivity contribution is -0.122. The smallest absolute Gasteiger partial charge is 0.238 e. The van der Waals surface area contributed by atoms with Crippen molar-refractivity contribution in [3.05, 3.63) is 35.9 Å². The molecule has 3 unspecified atom stereocenters. The molecule has 2 rings (SSSR count). The van der Waals surface area contributed by atoms with E-state index in [-0.39, 0.29) is 30.4 Å². The highest BCUT2D eigenvalue weighted by molar-refractivity contribution is 5.85. The maximum absolute atomic E-state index is 12.1. The Bertz CT molecular complexity index is 441. The first-order chi connectivity index (χ1) is 9.58. The average molecular weight is 313 g/mol. The summed E-state index contributed by atoms with van der Waals surface area (Å²) in [6.07, 6.45) is 0.810.